The van der Waals surface area contributed by atoms with Crippen molar-refractivity contribution in [3.8, 4) is 0 Å². The smallest absolute Gasteiger partial charge is 0.233 e. The Morgan fingerprint density at radius 2 is 1.95 bits per heavy atom. The van der Waals surface area contributed by atoms with Crippen molar-refractivity contribution in [3.63, 3.8) is 0 Å². The zero-order chi connectivity index (χ0) is 13.7. The molecule has 1 unspecified atom stereocenters. The Kier molecular flexibility index (Phi) is 4.93. The number of halogens is 1. The molecule has 0 saturated carbocycles. The van der Waals surface area contributed by atoms with Crippen molar-refractivity contribution in [2.24, 2.45) is 0 Å². The molecule has 0 bridgehead atoms. The molecule has 1 aromatic carbocycles. The van der Waals surface area contributed by atoms with Crippen LogP contribution in [0.5, 0.6) is 0 Å². The van der Waals surface area contributed by atoms with E-state index in [2.05, 4.69) is 29.4 Å². The minimum atomic E-state index is 0.136. The quantitative estimate of drug-likeness (QED) is 0.881. The highest BCUT2D eigenvalue weighted by Gasteiger charge is 2.15. The third-order valence-corrected chi connectivity index (χ3v) is 3.16. The molecule has 0 radical (unpaired) electrons. The van der Waals surface area contributed by atoms with Crippen LogP contribution in [0.3, 0.4) is 0 Å². The van der Waals surface area contributed by atoms with Gasteiger partial charge in [-0.25, -0.2) is 0 Å². The monoisotopic (exact) mass is 279 g/mol. The van der Waals surface area contributed by atoms with Gasteiger partial charge in [0, 0.05) is 5.02 Å². The van der Waals surface area contributed by atoms with E-state index in [1.54, 1.807) is 0 Å². The maximum absolute atomic E-state index is 5.85. The molecular weight excluding hydrogens is 262 g/mol. The number of hydrogen-bond acceptors (Lipinski definition) is 4. The van der Waals surface area contributed by atoms with E-state index in [4.69, 9.17) is 16.0 Å². The van der Waals surface area contributed by atoms with Crippen LogP contribution in [0.2, 0.25) is 5.02 Å². The minimum absolute atomic E-state index is 0.136. The summed E-state index contributed by atoms with van der Waals surface area (Å²) in [6.45, 7) is 5.04. The Hall–Kier alpha value is -1.39. The molecule has 2 rings (SSSR count). The number of rotatable bonds is 6. The van der Waals surface area contributed by atoms with Crippen molar-refractivity contribution in [1.82, 2.24) is 15.5 Å². The van der Waals surface area contributed by atoms with Gasteiger partial charge in [0.15, 0.2) is 0 Å². The Morgan fingerprint density at radius 1 is 1.21 bits per heavy atom. The average Bonchev–Trinajstić information content (AvgIpc) is 2.87. The maximum atomic E-state index is 5.85. The molecule has 0 fully saturated rings. The molecule has 0 saturated heterocycles. The van der Waals surface area contributed by atoms with E-state index in [1.807, 2.05) is 24.3 Å². The van der Waals surface area contributed by atoms with Crippen LogP contribution < -0.4 is 5.32 Å². The molecule has 1 atom stereocenters. The molecule has 102 valence electrons. The lowest BCUT2D eigenvalue weighted by Crippen LogP contribution is -2.20. The van der Waals surface area contributed by atoms with Crippen molar-refractivity contribution in [3.05, 3.63) is 46.6 Å². The predicted molar refractivity (Wildman–Crippen MR) is 75.3 cm³/mol. The van der Waals surface area contributed by atoms with E-state index in [9.17, 15) is 0 Å². The van der Waals surface area contributed by atoms with Crippen LogP contribution in [0.25, 0.3) is 0 Å². The van der Waals surface area contributed by atoms with Gasteiger partial charge in [-0.3, -0.25) is 0 Å². The van der Waals surface area contributed by atoms with E-state index >= 15 is 0 Å². The summed E-state index contributed by atoms with van der Waals surface area (Å²) in [5.74, 6) is 1.29. The summed E-state index contributed by atoms with van der Waals surface area (Å²) in [6, 6.07) is 7.79. The standard InChI is InChI=1S/C14H18ClN3O/c1-3-12(16-4-2)14-18-17-13(19-14)9-10-5-7-11(15)8-6-10/h5-8,12,16H,3-4,9H2,1-2H3. The second kappa shape index (κ2) is 6.68. The SMILES string of the molecule is CCNC(CC)c1nnc(Cc2ccc(Cl)cc2)o1. The van der Waals surface area contributed by atoms with Crippen molar-refractivity contribution in [1.29, 1.82) is 0 Å². The van der Waals surface area contributed by atoms with Crippen LogP contribution in [-0.4, -0.2) is 16.7 Å². The molecule has 1 N–H and O–H groups in total. The lowest BCUT2D eigenvalue weighted by atomic mass is 10.1. The topological polar surface area (TPSA) is 51.0 Å². The van der Waals surface area contributed by atoms with Gasteiger partial charge >= 0.3 is 0 Å². The molecule has 0 aliphatic heterocycles. The van der Waals surface area contributed by atoms with Crippen LogP contribution in [0, 0.1) is 0 Å². The maximum Gasteiger partial charge on any atom is 0.233 e. The third kappa shape index (κ3) is 3.78. The molecule has 0 aliphatic carbocycles. The second-order valence-corrected chi connectivity index (χ2v) is 4.79. The van der Waals surface area contributed by atoms with Gasteiger partial charge in [0.25, 0.3) is 0 Å². The summed E-state index contributed by atoms with van der Waals surface area (Å²) in [7, 11) is 0. The first-order valence-electron chi connectivity index (χ1n) is 6.53. The second-order valence-electron chi connectivity index (χ2n) is 4.36. The molecule has 19 heavy (non-hydrogen) atoms. The molecular formula is C14H18ClN3O. The first-order valence-corrected chi connectivity index (χ1v) is 6.90. The Labute approximate surface area is 118 Å². The molecule has 4 nitrogen and oxygen atoms in total. The Bertz CT molecular complexity index is 510. The van der Waals surface area contributed by atoms with Crippen molar-refractivity contribution >= 4 is 11.6 Å². The Balaban J connectivity index is 2.06. The van der Waals surface area contributed by atoms with Gasteiger partial charge in [0.05, 0.1) is 12.5 Å². The number of hydrogen-bond donors (Lipinski definition) is 1. The van der Waals surface area contributed by atoms with E-state index < -0.39 is 0 Å². The number of nitrogens with zero attached hydrogens (tertiary/aromatic N) is 2. The fourth-order valence-corrected chi connectivity index (χ4v) is 2.03. The van der Waals surface area contributed by atoms with E-state index in [-0.39, 0.29) is 6.04 Å². The highest BCUT2D eigenvalue weighted by molar-refractivity contribution is 6.30. The molecule has 5 heteroatoms. The van der Waals surface area contributed by atoms with E-state index in [1.165, 1.54) is 0 Å². The zero-order valence-corrected chi connectivity index (χ0v) is 11.9. The van der Waals surface area contributed by atoms with Crippen LogP contribution in [-0.2, 0) is 6.42 Å². The molecule has 0 amide bonds. The van der Waals surface area contributed by atoms with Gasteiger partial charge in [-0.15, -0.1) is 10.2 Å². The highest BCUT2D eigenvalue weighted by atomic mass is 35.5. The predicted octanol–water partition coefficient (Wildman–Crippen LogP) is 3.37. The molecule has 1 aromatic heterocycles. The van der Waals surface area contributed by atoms with Crippen LogP contribution in [0.15, 0.2) is 28.7 Å². The van der Waals surface area contributed by atoms with Crippen molar-refractivity contribution < 1.29 is 4.42 Å². The minimum Gasteiger partial charge on any atom is -0.423 e. The summed E-state index contributed by atoms with van der Waals surface area (Å²) in [5.41, 5.74) is 1.11. The highest BCUT2D eigenvalue weighted by Crippen LogP contribution is 2.17. The van der Waals surface area contributed by atoms with Gasteiger partial charge in [0.2, 0.25) is 11.8 Å². The summed E-state index contributed by atoms with van der Waals surface area (Å²) in [6.07, 6.45) is 1.56. The van der Waals surface area contributed by atoms with Crippen LogP contribution >= 0.6 is 11.6 Å². The molecule has 1 heterocycles. The summed E-state index contributed by atoms with van der Waals surface area (Å²) in [5, 5.41) is 12.3. The number of aromatic nitrogens is 2. The first-order chi connectivity index (χ1) is 9.22. The summed E-state index contributed by atoms with van der Waals surface area (Å²) < 4.78 is 5.71. The lowest BCUT2D eigenvalue weighted by Gasteiger charge is -2.10. The number of benzene rings is 1. The average molecular weight is 280 g/mol. The van der Waals surface area contributed by atoms with E-state index in [0.717, 1.165) is 23.6 Å². The fourth-order valence-electron chi connectivity index (χ4n) is 1.91. The molecule has 0 aliphatic rings. The van der Waals surface area contributed by atoms with Crippen LogP contribution in [0.4, 0.5) is 0 Å². The van der Waals surface area contributed by atoms with Crippen molar-refractivity contribution in [2.45, 2.75) is 32.7 Å². The van der Waals surface area contributed by atoms with Gasteiger partial charge in [0.1, 0.15) is 0 Å². The van der Waals surface area contributed by atoms with Crippen molar-refractivity contribution in [2.75, 3.05) is 6.54 Å². The first kappa shape index (κ1) is 14.0. The fraction of sp³-hybridized carbons (Fsp3) is 0.429. The van der Waals surface area contributed by atoms with Gasteiger partial charge in [-0.2, -0.15) is 0 Å². The molecule has 2 aromatic rings. The zero-order valence-electron chi connectivity index (χ0n) is 11.2. The normalized spacial score (nSPS) is 12.6. The van der Waals surface area contributed by atoms with Gasteiger partial charge in [-0.05, 0) is 30.7 Å². The summed E-state index contributed by atoms with van der Waals surface area (Å²) in [4.78, 5) is 0. The number of nitrogens with one attached hydrogen (secondary N) is 1. The Morgan fingerprint density at radius 3 is 2.58 bits per heavy atom. The summed E-state index contributed by atoms with van der Waals surface area (Å²) >= 11 is 5.85. The van der Waals surface area contributed by atoms with Gasteiger partial charge in [-0.1, -0.05) is 37.6 Å². The lowest BCUT2D eigenvalue weighted by molar-refractivity contribution is 0.380. The van der Waals surface area contributed by atoms with Crippen LogP contribution in [0.1, 0.15) is 43.7 Å². The van der Waals surface area contributed by atoms with Gasteiger partial charge < -0.3 is 9.73 Å². The molecule has 0 spiro atoms. The van der Waals surface area contributed by atoms with E-state index in [0.29, 0.717) is 18.2 Å². The third-order valence-electron chi connectivity index (χ3n) is 2.91. The largest absolute Gasteiger partial charge is 0.423 e.